The van der Waals surface area contributed by atoms with E-state index in [9.17, 15) is 19.5 Å². The maximum atomic E-state index is 13.5. The van der Waals surface area contributed by atoms with Gasteiger partial charge in [0.1, 0.15) is 17.2 Å². The standard InChI is InChI=1S/C29H25NO7/c1-3-24(32)36-16-8-7-15-30-27-23(37-19-13-11-18(12-14-19)35-4-2)17-22(31)25-26(27)29(34)21-10-6-5-9-20(21)28(25)33/h3-6,9-14,17,30-31H,1-2,7-8,15-16H2. The van der Waals surface area contributed by atoms with Crippen molar-refractivity contribution in [3.8, 4) is 23.0 Å². The lowest BCUT2D eigenvalue weighted by atomic mass is 9.82. The smallest absolute Gasteiger partial charge is 0.330 e. The summed E-state index contributed by atoms with van der Waals surface area (Å²) in [5.74, 6) is -0.543. The zero-order chi connectivity index (χ0) is 26.4. The van der Waals surface area contributed by atoms with Gasteiger partial charge in [-0.05, 0) is 37.1 Å². The molecule has 0 aliphatic heterocycles. The molecular weight excluding hydrogens is 474 g/mol. The molecule has 2 N–H and O–H groups in total. The predicted octanol–water partition coefficient (Wildman–Crippen LogP) is 5.40. The monoisotopic (exact) mass is 499 g/mol. The average molecular weight is 500 g/mol. The van der Waals surface area contributed by atoms with E-state index in [2.05, 4.69) is 18.5 Å². The number of unbranched alkanes of at least 4 members (excludes halogenated alkanes) is 1. The molecule has 37 heavy (non-hydrogen) atoms. The van der Waals surface area contributed by atoms with E-state index in [1.807, 2.05) is 0 Å². The van der Waals surface area contributed by atoms with Crippen LogP contribution in [0.4, 0.5) is 5.69 Å². The van der Waals surface area contributed by atoms with Crippen LogP contribution < -0.4 is 14.8 Å². The molecule has 3 aromatic rings. The van der Waals surface area contributed by atoms with E-state index < -0.39 is 17.5 Å². The van der Waals surface area contributed by atoms with Crippen LogP contribution >= 0.6 is 0 Å². The predicted molar refractivity (Wildman–Crippen MR) is 138 cm³/mol. The SMILES string of the molecule is C=COc1ccc(Oc2cc(O)c3c(c2NCCCCOC(=O)C=C)C(=O)c2ccccc2C3=O)cc1. The fraction of sp³-hybridized carbons (Fsp3) is 0.138. The van der Waals surface area contributed by atoms with Crippen molar-refractivity contribution < 1.29 is 33.7 Å². The summed E-state index contributed by atoms with van der Waals surface area (Å²) in [7, 11) is 0. The highest BCUT2D eigenvalue weighted by Gasteiger charge is 2.36. The van der Waals surface area contributed by atoms with Crippen molar-refractivity contribution in [1.29, 1.82) is 0 Å². The van der Waals surface area contributed by atoms with E-state index in [0.29, 0.717) is 30.9 Å². The number of phenols is 1. The second kappa shape index (κ2) is 11.3. The molecular formula is C29H25NO7. The fourth-order valence-electron chi connectivity index (χ4n) is 3.99. The van der Waals surface area contributed by atoms with Gasteiger partial charge in [-0.15, -0.1) is 0 Å². The van der Waals surface area contributed by atoms with Crippen LogP contribution in [0.1, 0.15) is 44.7 Å². The molecule has 0 radical (unpaired) electrons. The van der Waals surface area contributed by atoms with Crippen molar-refractivity contribution >= 4 is 23.2 Å². The first-order valence-electron chi connectivity index (χ1n) is 11.6. The Morgan fingerprint density at radius 1 is 0.919 bits per heavy atom. The van der Waals surface area contributed by atoms with Crippen molar-refractivity contribution in [1.82, 2.24) is 0 Å². The molecule has 4 rings (SSSR count). The van der Waals surface area contributed by atoms with Gasteiger partial charge in [0, 0.05) is 29.8 Å². The van der Waals surface area contributed by atoms with E-state index in [0.717, 1.165) is 6.08 Å². The number of hydrogen-bond acceptors (Lipinski definition) is 8. The number of carbonyl (C=O) groups excluding carboxylic acids is 3. The van der Waals surface area contributed by atoms with Crippen LogP contribution in [0.2, 0.25) is 0 Å². The number of aromatic hydroxyl groups is 1. The summed E-state index contributed by atoms with van der Waals surface area (Å²) < 4.78 is 16.3. The Morgan fingerprint density at radius 3 is 2.22 bits per heavy atom. The number of esters is 1. The van der Waals surface area contributed by atoms with E-state index >= 15 is 0 Å². The topological polar surface area (TPSA) is 111 Å². The van der Waals surface area contributed by atoms with Gasteiger partial charge < -0.3 is 24.6 Å². The third kappa shape index (κ3) is 5.38. The van der Waals surface area contributed by atoms with Crippen LogP contribution in [0, 0.1) is 0 Å². The van der Waals surface area contributed by atoms with Crippen molar-refractivity contribution in [2.75, 3.05) is 18.5 Å². The van der Waals surface area contributed by atoms with Crippen molar-refractivity contribution in [3.63, 3.8) is 0 Å². The van der Waals surface area contributed by atoms with E-state index in [1.54, 1.807) is 48.5 Å². The number of anilines is 1. The number of fused-ring (bicyclic) bond motifs is 2. The molecule has 0 atom stereocenters. The normalized spacial score (nSPS) is 11.7. The maximum absolute atomic E-state index is 13.5. The van der Waals surface area contributed by atoms with Crippen LogP contribution in [0.15, 0.2) is 80.1 Å². The van der Waals surface area contributed by atoms with Gasteiger partial charge in [0.25, 0.3) is 0 Å². The molecule has 8 heteroatoms. The van der Waals surface area contributed by atoms with Crippen LogP contribution in [0.5, 0.6) is 23.0 Å². The number of nitrogens with one attached hydrogen (secondary N) is 1. The summed E-state index contributed by atoms with van der Waals surface area (Å²) >= 11 is 0. The molecule has 188 valence electrons. The third-order valence-electron chi connectivity index (χ3n) is 5.70. The largest absolute Gasteiger partial charge is 0.507 e. The number of ketones is 2. The summed E-state index contributed by atoms with van der Waals surface area (Å²) in [5.41, 5.74) is 0.741. The lowest BCUT2D eigenvalue weighted by molar-refractivity contribution is -0.137. The van der Waals surface area contributed by atoms with Crippen LogP contribution in [-0.2, 0) is 9.53 Å². The van der Waals surface area contributed by atoms with Crippen LogP contribution in [0.25, 0.3) is 0 Å². The summed E-state index contributed by atoms with van der Waals surface area (Å²) in [6, 6.07) is 14.5. The minimum Gasteiger partial charge on any atom is -0.507 e. The third-order valence-corrected chi connectivity index (χ3v) is 5.70. The molecule has 3 aromatic carbocycles. The molecule has 1 aliphatic carbocycles. The lowest BCUT2D eigenvalue weighted by Crippen LogP contribution is -2.23. The second-order valence-electron chi connectivity index (χ2n) is 8.09. The second-order valence-corrected chi connectivity index (χ2v) is 8.09. The van der Waals surface area contributed by atoms with Crippen molar-refractivity contribution in [2.45, 2.75) is 12.8 Å². The number of rotatable bonds is 11. The van der Waals surface area contributed by atoms with Gasteiger partial charge in [-0.25, -0.2) is 4.79 Å². The Kier molecular flexibility index (Phi) is 7.68. The first kappa shape index (κ1) is 25.2. The van der Waals surface area contributed by atoms with Gasteiger partial charge in [0.2, 0.25) is 0 Å². The lowest BCUT2D eigenvalue weighted by Gasteiger charge is -2.24. The maximum Gasteiger partial charge on any atom is 0.330 e. The molecule has 0 aromatic heterocycles. The van der Waals surface area contributed by atoms with Gasteiger partial charge in [0.15, 0.2) is 17.3 Å². The molecule has 0 unspecified atom stereocenters. The average Bonchev–Trinajstić information content (AvgIpc) is 2.91. The first-order chi connectivity index (χ1) is 17.9. The van der Waals surface area contributed by atoms with Gasteiger partial charge in [-0.3, -0.25) is 9.59 Å². The minimum absolute atomic E-state index is 0.0448. The van der Waals surface area contributed by atoms with E-state index in [4.69, 9.17) is 14.2 Å². The number of phenolic OH excluding ortho intramolecular Hbond substituents is 1. The Balaban J connectivity index is 1.67. The summed E-state index contributed by atoms with van der Waals surface area (Å²) in [4.78, 5) is 38.0. The summed E-state index contributed by atoms with van der Waals surface area (Å²) in [6.07, 6.45) is 3.55. The quantitative estimate of drug-likeness (QED) is 0.0927. The molecule has 8 nitrogen and oxygen atoms in total. The van der Waals surface area contributed by atoms with E-state index in [-0.39, 0.29) is 46.0 Å². The van der Waals surface area contributed by atoms with Gasteiger partial charge in [-0.2, -0.15) is 0 Å². The molecule has 0 amide bonds. The molecule has 0 bridgehead atoms. The highest BCUT2D eigenvalue weighted by molar-refractivity contribution is 6.31. The number of ether oxygens (including phenoxy) is 3. The summed E-state index contributed by atoms with van der Waals surface area (Å²) in [5, 5.41) is 14.0. The van der Waals surface area contributed by atoms with Gasteiger partial charge in [-0.1, -0.05) is 37.4 Å². The minimum atomic E-state index is -0.497. The van der Waals surface area contributed by atoms with E-state index in [1.165, 1.54) is 12.3 Å². The highest BCUT2D eigenvalue weighted by Crippen LogP contribution is 2.44. The molecule has 0 saturated carbocycles. The Labute approximate surface area is 213 Å². The Bertz CT molecular complexity index is 1380. The molecule has 0 fully saturated rings. The first-order valence-corrected chi connectivity index (χ1v) is 11.6. The summed E-state index contributed by atoms with van der Waals surface area (Å²) in [6.45, 7) is 7.48. The molecule has 0 heterocycles. The molecule has 1 aliphatic rings. The van der Waals surface area contributed by atoms with Crippen LogP contribution in [0.3, 0.4) is 0 Å². The Morgan fingerprint density at radius 2 is 1.57 bits per heavy atom. The van der Waals surface area contributed by atoms with Crippen molar-refractivity contribution in [2.24, 2.45) is 0 Å². The van der Waals surface area contributed by atoms with Crippen LogP contribution in [-0.4, -0.2) is 35.8 Å². The van der Waals surface area contributed by atoms with Gasteiger partial charge in [0.05, 0.1) is 29.7 Å². The number of hydrogen-bond donors (Lipinski definition) is 2. The Hall–Kier alpha value is -4.85. The van der Waals surface area contributed by atoms with Gasteiger partial charge >= 0.3 is 5.97 Å². The van der Waals surface area contributed by atoms with Crippen molar-refractivity contribution in [3.05, 3.63) is 102 Å². The number of benzene rings is 3. The zero-order valence-corrected chi connectivity index (χ0v) is 20.0. The zero-order valence-electron chi connectivity index (χ0n) is 20.0. The fourth-order valence-corrected chi connectivity index (χ4v) is 3.99. The number of carbonyl (C=O) groups is 3. The molecule has 0 saturated heterocycles. The molecule has 0 spiro atoms. The highest BCUT2D eigenvalue weighted by atomic mass is 16.5.